The van der Waals surface area contributed by atoms with E-state index in [1.54, 1.807) is 37.3 Å². The number of carbonyl (C=O) groups is 2. The number of carbonyl (C=O) groups excluding carboxylic acids is 2. The van der Waals surface area contributed by atoms with Crippen LogP contribution < -0.4 is 10.1 Å². The van der Waals surface area contributed by atoms with Gasteiger partial charge in [0.25, 0.3) is 0 Å². The van der Waals surface area contributed by atoms with E-state index < -0.39 is 5.97 Å². The molecule has 0 saturated heterocycles. The number of anilines is 1. The Hall–Kier alpha value is -2.88. The molecule has 0 aliphatic heterocycles. The van der Waals surface area contributed by atoms with E-state index in [1.807, 2.05) is 30.3 Å². The van der Waals surface area contributed by atoms with Gasteiger partial charge in [0.2, 0.25) is 5.91 Å². The van der Waals surface area contributed by atoms with Crippen LogP contribution in [0.5, 0.6) is 5.75 Å². The van der Waals surface area contributed by atoms with Crippen LogP contribution in [0.3, 0.4) is 0 Å². The molecule has 0 fully saturated rings. The molecule has 1 amide bonds. The van der Waals surface area contributed by atoms with Gasteiger partial charge >= 0.3 is 5.97 Å². The third kappa shape index (κ3) is 4.90. The minimum absolute atomic E-state index is 0.0597. The van der Waals surface area contributed by atoms with Crippen LogP contribution in [0.2, 0.25) is 0 Å². The first kappa shape index (κ1) is 15.5. The lowest BCUT2D eigenvalue weighted by atomic mass is 10.2. The summed E-state index contributed by atoms with van der Waals surface area (Å²) in [5.74, 6) is -0.0815. The lowest BCUT2D eigenvalue weighted by molar-refractivity contribution is -0.128. The number of benzene rings is 2. The molecule has 0 radical (unpaired) electrons. The van der Waals surface area contributed by atoms with Crippen molar-refractivity contribution in [2.45, 2.75) is 13.3 Å². The van der Waals surface area contributed by atoms with Gasteiger partial charge in [-0.1, -0.05) is 37.3 Å². The van der Waals surface area contributed by atoms with Crippen molar-refractivity contribution in [2.24, 2.45) is 0 Å². The minimum atomic E-state index is -0.450. The summed E-state index contributed by atoms with van der Waals surface area (Å²) in [6, 6.07) is 16.2. The molecule has 4 nitrogen and oxygen atoms in total. The molecule has 4 heteroatoms. The zero-order valence-corrected chi connectivity index (χ0v) is 12.3. The summed E-state index contributed by atoms with van der Waals surface area (Å²) in [6.45, 7) is 1.78. The van der Waals surface area contributed by atoms with Crippen molar-refractivity contribution in [3.8, 4) is 5.75 Å². The van der Waals surface area contributed by atoms with Gasteiger partial charge in [-0.2, -0.15) is 0 Å². The number of amides is 1. The molecule has 0 aliphatic carbocycles. The van der Waals surface area contributed by atoms with Crippen LogP contribution >= 0.6 is 0 Å². The molecule has 2 rings (SSSR count). The lowest BCUT2D eigenvalue weighted by Gasteiger charge is -2.05. The van der Waals surface area contributed by atoms with Gasteiger partial charge in [-0.25, -0.2) is 4.79 Å². The zero-order chi connectivity index (χ0) is 15.8. The predicted molar refractivity (Wildman–Crippen MR) is 86.5 cm³/mol. The molecule has 0 aromatic heterocycles. The predicted octanol–water partition coefficient (Wildman–Crippen LogP) is 3.65. The standard InChI is InChI=1S/C18H17NO3/c1-2-17(20)19-15-9-11-16(12-10-15)22-18(21)13-8-14-6-4-3-5-7-14/h3-13H,2H2,1H3,(H,19,20)/b13-8+. The van der Waals surface area contributed by atoms with Crippen molar-refractivity contribution in [3.05, 3.63) is 66.2 Å². The zero-order valence-electron chi connectivity index (χ0n) is 12.3. The molecular formula is C18H17NO3. The Morgan fingerprint density at radius 2 is 1.73 bits per heavy atom. The van der Waals surface area contributed by atoms with E-state index in [0.717, 1.165) is 5.56 Å². The van der Waals surface area contributed by atoms with Crippen LogP contribution in [0.25, 0.3) is 6.08 Å². The van der Waals surface area contributed by atoms with Gasteiger partial charge < -0.3 is 10.1 Å². The quantitative estimate of drug-likeness (QED) is 0.520. The monoisotopic (exact) mass is 295 g/mol. The van der Waals surface area contributed by atoms with Gasteiger partial charge in [0, 0.05) is 18.2 Å². The normalized spacial score (nSPS) is 10.4. The molecule has 2 aromatic carbocycles. The fourth-order valence-electron chi connectivity index (χ4n) is 1.73. The number of hydrogen-bond acceptors (Lipinski definition) is 3. The SMILES string of the molecule is CCC(=O)Nc1ccc(OC(=O)/C=C/c2ccccc2)cc1. The van der Waals surface area contributed by atoms with Crippen LogP contribution in [0.15, 0.2) is 60.7 Å². The third-order valence-corrected chi connectivity index (χ3v) is 2.89. The Kier molecular flexibility index (Phi) is 5.49. The van der Waals surface area contributed by atoms with Gasteiger partial charge in [0.05, 0.1) is 0 Å². The number of nitrogens with one attached hydrogen (secondary N) is 1. The highest BCUT2D eigenvalue weighted by Gasteiger charge is 2.02. The van der Waals surface area contributed by atoms with E-state index in [-0.39, 0.29) is 5.91 Å². The summed E-state index contributed by atoms with van der Waals surface area (Å²) < 4.78 is 5.18. The second-order valence-corrected chi connectivity index (χ2v) is 4.59. The summed E-state index contributed by atoms with van der Waals surface area (Å²) in [4.78, 5) is 23.0. The van der Waals surface area contributed by atoms with Crippen molar-refractivity contribution in [1.82, 2.24) is 0 Å². The van der Waals surface area contributed by atoms with E-state index >= 15 is 0 Å². The maximum atomic E-state index is 11.7. The summed E-state index contributed by atoms with van der Waals surface area (Å²) in [7, 11) is 0. The first-order chi connectivity index (χ1) is 10.7. The molecule has 0 unspecified atom stereocenters. The second-order valence-electron chi connectivity index (χ2n) is 4.59. The summed E-state index contributed by atoms with van der Waals surface area (Å²) >= 11 is 0. The van der Waals surface area contributed by atoms with Crippen LogP contribution in [-0.2, 0) is 9.59 Å². The van der Waals surface area contributed by atoms with Crippen LogP contribution in [0.4, 0.5) is 5.69 Å². The van der Waals surface area contributed by atoms with Crippen LogP contribution in [0, 0.1) is 0 Å². The van der Waals surface area contributed by atoms with Crippen molar-refractivity contribution < 1.29 is 14.3 Å². The number of esters is 1. The average molecular weight is 295 g/mol. The van der Waals surface area contributed by atoms with Crippen molar-refractivity contribution in [1.29, 1.82) is 0 Å². The summed E-state index contributed by atoms with van der Waals surface area (Å²) in [6.07, 6.45) is 3.49. The smallest absolute Gasteiger partial charge is 0.336 e. The molecular weight excluding hydrogens is 278 g/mol. The molecule has 0 aliphatic rings. The minimum Gasteiger partial charge on any atom is -0.423 e. The van der Waals surface area contributed by atoms with E-state index in [1.165, 1.54) is 6.08 Å². The first-order valence-corrected chi connectivity index (χ1v) is 7.02. The number of ether oxygens (including phenoxy) is 1. The number of rotatable bonds is 5. The van der Waals surface area contributed by atoms with Crippen LogP contribution in [0.1, 0.15) is 18.9 Å². The van der Waals surface area contributed by atoms with Gasteiger partial charge in [-0.05, 0) is 35.9 Å². The molecule has 0 heterocycles. The molecule has 1 N–H and O–H groups in total. The molecule has 0 atom stereocenters. The fraction of sp³-hybridized carbons (Fsp3) is 0.111. The van der Waals surface area contributed by atoms with Gasteiger partial charge in [0.1, 0.15) is 5.75 Å². The highest BCUT2D eigenvalue weighted by molar-refractivity contribution is 5.91. The molecule has 2 aromatic rings. The summed E-state index contributed by atoms with van der Waals surface area (Å²) in [5.41, 5.74) is 1.60. The average Bonchev–Trinajstić information content (AvgIpc) is 2.55. The Bertz CT molecular complexity index is 660. The maximum absolute atomic E-state index is 11.7. The van der Waals surface area contributed by atoms with E-state index in [4.69, 9.17) is 4.74 Å². The first-order valence-electron chi connectivity index (χ1n) is 7.02. The van der Waals surface area contributed by atoms with Crippen molar-refractivity contribution in [3.63, 3.8) is 0 Å². The second kappa shape index (κ2) is 7.78. The molecule has 0 bridgehead atoms. The van der Waals surface area contributed by atoms with Gasteiger partial charge in [-0.3, -0.25) is 4.79 Å². The Labute approximate surface area is 129 Å². The molecule has 0 saturated carbocycles. The Balaban J connectivity index is 1.91. The molecule has 22 heavy (non-hydrogen) atoms. The Morgan fingerprint density at radius 3 is 2.36 bits per heavy atom. The molecule has 0 spiro atoms. The van der Waals surface area contributed by atoms with E-state index in [0.29, 0.717) is 17.9 Å². The Morgan fingerprint density at radius 1 is 1.05 bits per heavy atom. The van der Waals surface area contributed by atoms with Gasteiger partial charge in [-0.15, -0.1) is 0 Å². The van der Waals surface area contributed by atoms with Crippen LogP contribution in [-0.4, -0.2) is 11.9 Å². The van der Waals surface area contributed by atoms with E-state index in [2.05, 4.69) is 5.32 Å². The third-order valence-electron chi connectivity index (χ3n) is 2.89. The highest BCUT2D eigenvalue weighted by Crippen LogP contribution is 2.16. The van der Waals surface area contributed by atoms with Crippen molar-refractivity contribution in [2.75, 3.05) is 5.32 Å². The highest BCUT2D eigenvalue weighted by atomic mass is 16.5. The maximum Gasteiger partial charge on any atom is 0.336 e. The summed E-state index contributed by atoms with van der Waals surface area (Å²) in [5, 5.41) is 2.73. The van der Waals surface area contributed by atoms with Gasteiger partial charge in [0.15, 0.2) is 0 Å². The van der Waals surface area contributed by atoms with E-state index in [9.17, 15) is 9.59 Å². The lowest BCUT2D eigenvalue weighted by Crippen LogP contribution is -2.09. The topological polar surface area (TPSA) is 55.4 Å². The largest absolute Gasteiger partial charge is 0.423 e. The van der Waals surface area contributed by atoms with Crippen molar-refractivity contribution >= 4 is 23.6 Å². The fourth-order valence-corrected chi connectivity index (χ4v) is 1.73. The number of hydrogen-bond donors (Lipinski definition) is 1. The molecule has 112 valence electrons.